The summed E-state index contributed by atoms with van der Waals surface area (Å²) < 4.78 is 7.17. The smallest absolute Gasteiger partial charge is 0.306 e. The summed E-state index contributed by atoms with van der Waals surface area (Å²) in [6, 6.07) is 0. The summed E-state index contributed by atoms with van der Waals surface area (Å²) in [6.07, 6.45) is 3.94. The van der Waals surface area contributed by atoms with Crippen LogP contribution in [0.2, 0.25) is 0 Å². The average Bonchev–Trinajstić information content (AvgIpc) is 2.66. The molecule has 0 amide bonds. The minimum atomic E-state index is -0.702. The molecule has 0 radical (unpaired) electrons. The Morgan fingerprint density at radius 2 is 2.39 bits per heavy atom. The molecule has 1 atom stereocenters. The molecular formula is C13H20N2O3. The number of nitrogens with zero attached hydrogens (tertiary/aromatic N) is 2. The molecule has 1 heterocycles. The van der Waals surface area contributed by atoms with Gasteiger partial charge in [0.25, 0.3) is 0 Å². The number of carbonyl (C=O) groups is 1. The van der Waals surface area contributed by atoms with Crippen LogP contribution in [0.25, 0.3) is 0 Å². The normalized spacial score (nSPS) is 18.7. The SMILES string of the molecule is COCCCc1nc2c(n1C)CCC(C(=O)O)C2. The molecule has 18 heavy (non-hydrogen) atoms. The van der Waals surface area contributed by atoms with Crippen molar-refractivity contribution in [1.29, 1.82) is 0 Å². The fraction of sp³-hybridized carbons (Fsp3) is 0.692. The highest BCUT2D eigenvalue weighted by Gasteiger charge is 2.28. The monoisotopic (exact) mass is 252 g/mol. The molecule has 1 aromatic heterocycles. The van der Waals surface area contributed by atoms with Crippen LogP contribution in [0.1, 0.15) is 30.1 Å². The van der Waals surface area contributed by atoms with Gasteiger partial charge >= 0.3 is 5.97 Å². The number of methoxy groups -OCH3 is 1. The van der Waals surface area contributed by atoms with Gasteiger partial charge in [-0.3, -0.25) is 4.79 Å². The van der Waals surface area contributed by atoms with E-state index in [4.69, 9.17) is 9.84 Å². The van der Waals surface area contributed by atoms with E-state index in [0.717, 1.165) is 43.8 Å². The highest BCUT2D eigenvalue weighted by atomic mass is 16.5. The van der Waals surface area contributed by atoms with Gasteiger partial charge in [0.15, 0.2) is 0 Å². The maximum absolute atomic E-state index is 11.0. The van der Waals surface area contributed by atoms with Crippen LogP contribution in [0.4, 0.5) is 0 Å². The lowest BCUT2D eigenvalue weighted by Gasteiger charge is -2.18. The summed E-state index contributed by atoms with van der Waals surface area (Å²) in [5.41, 5.74) is 2.18. The molecule has 2 rings (SSSR count). The summed E-state index contributed by atoms with van der Waals surface area (Å²) in [6.45, 7) is 0.731. The number of hydrogen-bond donors (Lipinski definition) is 1. The van der Waals surface area contributed by atoms with Gasteiger partial charge in [0, 0.05) is 39.3 Å². The number of aryl methyl sites for hydroxylation is 1. The van der Waals surface area contributed by atoms with Crippen LogP contribution in [0.5, 0.6) is 0 Å². The molecular weight excluding hydrogens is 232 g/mol. The van der Waals surface area contributed by atoms with Crippen LogP contribution in [0.3, 0.4) is 0 Å². The van der Waals surface area contributed by atoms with Crippen LogP contribution in [0, 0.1) is 5.92 Å². The molecule has 0 fully saturated rings. The van der Waals surface area contributed by atoms with Gasteiger partial charge in [0.05, 0.1) is 11.6 Å². The molecule has 0 bridgehead atoms. The Morgan fingerprint density at radius 1 is 1.61 bits per heavy atom. The third-order valence-electron chi connectivity index (χ3n) is 3.66. The highest BCUT2D eigenvalue weighted by Crippen LogP contribution is 2.26. The second-order valence-electron chi connectivity index (χ2n) is 4.85. The molecule has 0 spiro atoms. The summed E-state index contributed by atoms with van der Waals surface area (Å²) in [7, 11) is 3.72. The number of rotatable bonds is 5. The quantitative estimate of drug-likeness (QED) is 0.799. The first kappa shape index (κ1) is 13.1. The van der Waals surface area contributed by atoms with E-state index in [1.165, 1.54) is 5.69 Å². The van der Waals surface area contributed by atoms with Crippen molar-refractivity contribution in [2.75, 3.05) is 13.7 Å². The first-order valence-electron chi connectivity index (χ1n) is 6.38. The molecule has 1 aromatic rings. The molecule has 0 aliphatic heterocycles. The lowest BCUT2D eigenvalue weighted by atomic mass is 9.90. The number of ether oxygens (including phenoxy) is 1. The minimum Gasteiger partial charge on any atom is -0.481 e. The summed E-state index contributed by atoms with van der Waals surface area (Å²) in [4.78, 5) is 15.6. The van der Waals surface area contributed by atoms with Gasteiger partial charge in [-0.2, -0.15) is 0 Å². The first-order valence-corrected chi connectivity index (χ1v) is 6.38. The number of carboxylic acid groups (broad SMARTS) is 1. The number of imidazole rings is 1. The van der Waals surface area contributed by atoms with Gasteiger partial charge in [-0.15, -0.1) is 0 Å². The first-order chi connectivity index (χ1) is 8.63. The van der Waals surface area contributed by atoms with Crippen LogP contribution in [0.15, 0.2) is 0 Å². The topological polar surface area (TPSA) is 64.4 Å². The predicted molar refractivity (Wildman–Crippen MR) is 66.6 cm³/mol. The van der Waals surface area contributed by atoms with E-state index in [1.54, 1.807) is 7.11 Å². The number of hydrogen-bond acceptors (Lipinski definition) is 3. The lowest BCUT2D eigenvalue weighted by molar-refractivity contribution is -0.142. The Kier molecular flexibility index (Phi) is 4.01. The Balaban J connectivity index is 2.10. The molecule has 1 aliphatic carbocycles. The predicted octanol–water partition coefficient (Wildman–Crippen LogP) is 1.19. The third-order valence-corrected chi connectivity index (χ3v) is 3.66. The van der Waals surface area contributed by atoms with E-state index in [2.05, 4.69) is 9.55 Å². The highest BCUT2D eigenvalue weighted by molar-refractivity contribution is 5.70. The fourth-order valence-corrected chi connectivity index (χ4v) is 2.58. The Bertz CT molecular complexity index is 440. The van der Waals surface area contributed by atoms with E-state index in [9.17, 15) is 4.79 Å². The van der Waals surface area contributed by atoms with E-state index >= 15 is 0 Å². The van der Waals surface area contributed by atoms with Crippen LogP contribution >= 0.6 is 0 Å². The third kappa shape index (κ3) is 2.56. The van der Waals surface area contributed by atoms with E-state index in [0.29, 0.717) is 6.42 Å². The van der Waals surface area contributed by atoms with Crippen LogP contribution < -0.4 is 0 Å². The second kappa shape index (κ2) is 5.52. The van der Waals surface area contributed by atoms with Crippen molar-refractivity contribution in [3.05, 3.63) is 17.2 Å². The van der Waals surface area contributed by atoms with Crippen molar-refractivity contribution in [2.45, 2.75) is 32.1 Å². The van der Waals surface area contributed by atoms with Crippen molar-refractivity contribution >= 4 is 5.97 Å². The number of carboxylic acids is 1. The van der Waals surface area contributed by atoms with Gasteiger partial charge in [-0.1, -0.05) is 0 Å². The molecule has 0 saturated carbocycles. The molecule has 100 valence electrons. The largest absolute Gasteiger partial charge is 0.481 e. The molecule has 1 unspecified atom stereocenters. The summed E-state index contributed by atoms with van der Waals surface area (Å²) in [5.74, 6) is 0.0783. The number of aromatic nitrogens is 2. The molecule has 1 N–H and O–H groups in total. The fourth-order valence-electron chi connectivity index (χ4n) is 2.58. The molecule has 1 aliphatic rings. The maximum Gasteiger partial charge on any atom is 0.306 e. The molecule has 5 heteroatoms. The molecule has 5 nitrogen and oxygen atoms in total. The summed E-state index contributed by atoms with van der Waals surface area (Å²) >= 11 is 0. The van der Waals surface area contributed by atoms with Gasteiger partial charge < -0.3 is 14.4 Å². The summed E-state index contributed by atoms with van der Waals surface area (Å²) in [5, 5.41) is 9.06. The van der Waals surface area contributed by atoms with Gasteiger partial charge in [0.1, 0.15) is 5.82 Å². The van der Waals surface area contributed by atoms with Crippen molar-refractivity contribution < 1.29 is 14.6 Å². The maximum atomic E-state index is 11.0. The van der Waals surface area contributed by atoms with E-state index in [1.807, 2.05) is 7.05 Å². The van der Waals surface area contributed by atoms with Crippen molar-refractivity contribution in [3.63, 3.8) is 0 Å². The Hall–Kier alpha value is -1.36. The zero-order valence-corrected chi connectivity index (χ0v) is 11.0. The number of aliphatic carboxylic acids is 1. The standard InChI is InChI=1S/C13H20N2O3/c1-15-11-6-5-9(13(16)17)8-10(11)14-12(15)4-3-7-18-2/h9H,3-8H2,1-2H3,(H,16,17). The Labute approximate surface area is 107 Å². The zero-order chi connectivity index (χ0) is 13.1. The van der Waals surface area contributed by atoms with Crippen molar-refractivity contribution in [2.24, 2.45) is 13.0 Å². The molecule has 0 aromatic carbocycles. The Morgan fingerprint density at radius 3 is 3.06 bits per heavy atom. The van der Waals surface area contributed by atoms with Crippen molar-refractivity contribution in [3.8, 4) is 0 Å². The van der Waals surface area contributed by atoms with E-state index < -0.39 is 5.97 Å². The van der Waals surface area contributed by atoms with Crippen LogP contribution in [-0.4, -0.2) is 34.3 Å². The van der Waals surface area contributed by atoms with Crippen molar-refractivity contribution in [1.82, 2.24) is 9.55 Å². The molecule has 0 saturated heterocycles. The van der Waals surface area contributed by atoms with Crippen LogP contribution in [-0.2, 0) is 35.8 Å². The van der Waals surface area contributed by atoms with E-state index in [-0.39, 0.29) is 5.92 Å². The second-order valence-corrected chi connectivity index (χ2v) is 4.85. The van der Waals surface area contributed by atoms with Gasteiger partial charge in [0.2, 0.25) is 0 Å². The van der Waals surface area contributed by atoms with Gasteiger partial charge in [-0.25, -0.2) is 4.98 Å². The lowest BCUT2D eigenvalue weighted by Crippen LogP contribution is -2.22. The number of fused-ring (bicyclic) bond motifs is 1. The average molecular weight is 252 g/mol. The minimum absolute atomic E-state index is 0.265. The zero-order valence-electron chi connectivity index (χ0n) is 11.0. The van der Waals surface area contributed by atoms with Gasteiger partial charge in [-0.05, 0) is 19.3 Å².